The highest BCUT2D eigenvalue weighted by atomic mass is 35.5. The van der Waals surface area contributed by atoms with Gasteiger partial charge in [0.2, 0.25) is 0 Å². The van der Waals surface area contributed by atoms with Crippen LogP contribution in [0.2, 0.25) is 5.02 Å². The Morgan fingerprint density at radius 2 is 2.00 bits per heavy atom. The van der Waals surface area contributed by atoms with Gasteiger partial charge in [-0.1, -0.05) is 11.6 Å². The van der Waals surface area contributed by atoms with E-state index in [9.17, 15) is 22.8 Å². The molecule has 0 atom stereocenters. The fraction of sp³-hybridized carbons (Fsp3) is 0.529. The van der Waals surface area contributed by atoms with E-state index in [2.05, 4.69) is 16.0 Å². The van der Waals surface area contributed by atoms with Crippen LogP contribution in [0.1, 0.15) is 29.6 Å². The number of amides is 3. The molecule has 3 N–H and O–H groups in total. The first kappa shape index (κ1) is 21.3. The Balaban J connectivity index is 1.76. The molecular formula is C17H22ClF3N4O2. The minimum absolute atomic E-state index is 0.184. The number of hydrogen-bond donors (Lipinski definition) is 3. The highest BCUT2D eigenvalue weighted by molar-refractivity contribution is 6.34. The summed E-state index contributed by atoms with van der Waals surface area (Å²) in [6.45, 7) is -0.571. The first-order valence-electron chi connectivity index (χ1n) is 8.54. The molecular weight excluding hydrogens is 385 g/mol. The molecule has 0 heterocycles. The van der Waals surface area contributed by atoms with Crippen molar-refractivity contribution in [1.29, 1.82) is 0 Å². The molecule has 1 aromatic rings. The van der Waals surface area contributed by atoms with Gasteiger partial charge < -0.3 is 16.0 Å². The van der Waals surface area contributed by atoms with Crippen molar-refractivity contribution < 1.29 is 22.8 Å². The number of alkyl halides is 3. The number of halogens is 4. The molecule has 150 valence electrons. The minimum Gasteiger partial charge on any atom is -0.349 e. The second-order valence-corrected chi connectivity index (χ2v) is 6.94. The molecule has 0 unspecified atom stereocenters. The summed E-state index contributed by atoms with van der Waals surface area (Å²) in [5.74, 6) is -0.292. The van der Waals surface area contributed by atoms with E-state index >= 15 is 0 Å². The predicted molar refractivity (Wildman–Crippen MR) is 97.1 cm³/mol. The summed E-state index contributed by atoms with van der Waals surface area (Å²) >= 11 is 6.04. The summed E-state index contributed by atoms with van der Waals surface area (Å²) in [5.41, 5.74) is 0.669. The van der Waals surface area contributed by atoms with Crippen LogP contribution in [0, 0.1) is 0 Å². The Kier molecular flexibility index (Phi) is 7.32. The van der Waals surface area contributed by atoms with E-state index in [0.717, 1.165) is 17.7 Å². The summed E-state index contributed by atoms with van der Waals surface area (Å²) in [6, 6.07) is 4.24. The zero-order valence-electron chi connectivity index (χ0n) is 14.8. The lowest BCUT2D eigenvalue weighted by Crippen LogP contribution is -2.35. The van der Waals surface area contributed by atoms with Gasteiger partial charge in [-0.2, -0.15) is 13.2 Å². The summed E-state index contributed by atoms with van der Waals surface area (Å²) in [4.78, 5) is 25.2. The minimum atomic E-state index is -4.24. The number of nitrogens with one attached hydrogen (secondary N) is 3. The van der Waals surface area contributed by atoms with E-state index in [1.807, 2.05) is 0 Å². The first-order valence-corrected chi connectivity index (χ1v) is 8.92. The summed E-state index contributed by atoms with van der Waals surface area (Å²) in [6.07, 6.45) is -1.98. The normalized spacial score (nSPS) is 14.1. The molecule has 1 aliphatic rings. The molecule has 0 radical (unpaired) electrons. The second-order valence-electron chi connectivity index (χ2n) is 6.53. The summed E-state index contributed by atoms with van der Waals surface area (Å²) in [7, 11) is 1.37. The number of nitrogens with zero attached hydrogens (tertiary/aromatic N) is 1. The number of urea groups is 1. The maximum absolute atomic E-state index is 12.2. The molecule has 2 rings (SSSR count). The van der Waals surface area contributed by atoms with E-state index in [1.165, 1.54) is 19.2 Å². The van der Waals surface area contributed by atoms with Gasteiger partial charge in [0.15, 0.2) is 0 Å². The Labute approximate surface area is 160 Å². The average Bonchev–Trinajstić information content (AvgIpc) is 3.35. The third-order valence-electron chi connectivity index (χ3n) is 3.83. The molecule has 6 nitrogen and oxygen atoms in total. The van der Waals surface area contributed by atoms with Gasteiger partial charge in [-0.25, -0.2) is 4.79 Å². The van der Waals surface area contributed by atoms with Gasteiger partial charge >= 0.3 is 12.2 Å². The molecule has 3 amide bonds. The number of benzene rings is 1. The van der Waals surface area contributed by atoms with Gasteiger partial charge in [-0.3, -0.25) is 9.69 Å². The third kappa shape index (κ3) is 8.04. The Morgan fingerprint density at radius 3 is 2.63 bits per heavy atom. The van der Waals surface area contributed by atoms with Crippen LogP contribution in [0.5, 0.6) is 0 Å². The van der Waals surface area contributed by atoms with Gasteiger partial charge in [-0.15, -0.1) is 0 Å². The standard InChI is InChI=1S/C17H22ClF3N4O2/c1-25(10-17(19,20)21)8-2-7-22-16(27)24-12-5-6-14(18)13(9-12)15(26)23-11-3-4-11/h5-6,9,11H,2-4,7-8,10H2,1H3,(H,23,26)(H2,22,24,27). The predicted octanol–water partition coefficient (Wildman–Crippen LogP) is 3.24. The molecule has 0 saturated heterocycles. The fourth-order valence-corrected chi connectivity index (χ4v) is 2.58. The highest BCUT2D eigenvalue weighted by Gasteiger charge is 2.28. The number of carbonyl (C=O) groups excluding carboxylic acids is 2. The quantitative estimate of drug-likeness (QED) is 0.580. The molecule has 0 aliphatic heterocycles. The third-order valence-corrected chi connectivity index (χ3v) is 4.16. The number of anilines is 1. The van der Waals surface area contributed by atoms with E-state index in [0.29, 0.717) is 12.1 Å². The largest absolute Gasteiger partial charge is 0.401 e. The zero-order valence-corrected chi connectivity index (χ0v) is 15.6. The van der Waals surface area contributed by atoms with Crippen molar-refractivity contribution in [3.05, 3.63) is 28.8 Å². The molecule has 1 saturated carbocycles. The maximum Gasteiger partial charge on any atom is 0.401 e. The average molecular weight is 407 g/mol. The Bertz CT molecular complexity index is 681. The lowest BCUT2D eigenvalue weighted by molar-refractivity contribution is -0.143. The van der Waals surface area contributed by atoms with Crippen LogP contribution < -0.4 is 16.0 Å². The van der Waals surface area contributed by atoms with Crippen LogP contribution >= 0.6 is 11.6 Å². The van der Waals surface area contributed by atoms with E-state index in [1.54, 1.807) is 6.07 Å². The number of carbonyl (C=O) groups is 2. The smallest absolute Gasteiger partial charge is 0.349 e. The van der Waals surface area contributed by atoms with E-state index < -0.39 is 18.8 Å². The monoisotopic (exact) mass is 406 g/mol. The van der Waals surface area contributed by atoms with Crippen molar-refractivity contribution >= 4 is 29.2 Å². The molecule has 1 aliphatic carbocycles. The Morgan fingerprint density at radius 1 is 1.30 bits per heavy atom. The topological polar surface area (TPSA) is 73.5 Å². The van der Waals surface area contributed by atoms with Crippen molar-refractivity contribution in [2.45, 2.75) is 31.5 Å². The van der Waals surface area contributed by atoms with Gasteiger partial charge in [0.05, 0.1) is 17.1 Å². The van der Waals surface area contributed by atoms with Gasteiger partial charge in [0.25, 0.3) is 5.91 Å². The van der Waals surface area contributed by atoms with Crippen LogP contribution in [-0.4, -0.2) is 55.7 Å². The molecule has 0 aromatic heterocycles. The van der Waals surface area contributed by atoms with Crippen molar-refractivity contribution in [2.24, 2.45) is 0 Å². The van der Waals surface area contributed by atoms with Gasteiger partial charge in [0.1, 0.15) is 0 Å². The summed E-state index contributed by atoms with van der Waals surface area (Å²) in [5, 5.41) is 8.25. The summed E-state index contributed by atoms with van der Waals surface area (Å²) < 4.78 is 36.7. The number of hydrogen-bond acceptors (Lipinski definition) is 3. The van der Waals surface area contributed by atoms with Crippen LogP contribution in [0.25, 0.3) is 0 Å². The van der Waals surface area contributed by atoms with Crippen molar-refractivity contribution in [1.82, 2.24) is 15.5 Å². The maximum atomic E-state index is 12.2. The second kappa shape index (κ2) is 9.27. The van der Waals surface area contributed by atoms with Crippen LogP contribution in [0.4, 0.5) is 23.7 Å². The molecule has 10 heteroatoms. The van der Waals surface area contributed by atoms with Gasteiger partial charge in [-0.05, 0) is 51.1 Å². The van der Waals surface area contributed by atoms with Crippen LogP contribution in [0.3, 0.4) is 0 Å². The first-order chi connectivity index (χ1) is 12.6. The van der Waals surface area contributed by atoms with Crippen molar-refractivity contribution in [3.8, 4) is 0 Å². The van der Waals surface area contributed by atoms with Crippen molar-refractivity contribution in [2.75, 3.05) is 32.0 Å². The molecule has 1 fully saturated rings. The molecule has 0 spiro atoms. The zero-order chi connectivity index (χ0) is 20.0. The fourth-order valence-electron chi connectivity index (χ4n) is 2.38. The SMILES string of the molecule is CN(CCCNC(=O)Nc1ccc(Cl)c(C(=O)NC2CC2)c1)CC(F)(F)F. The Hall–Kier alpha value is -2.00. The molecule has 27 heavy (non-hydrogen) atoms. The molecule has 0 bridgehead atoms. The van der Waals surface area contributed by atoms with E-state index in [-0.39, 0.29) is 35.6 Å². The van der Waals surface area contributed by atoms with Crippen LogP contribution in [0.15, 0.2) is 18.2 Å². The lowest BCUT2D eigenvalue weighted by Gasteiger charge is -2.18. The highest BCUT2D eigenvalue weighted by Crippen LogP contribution is 2.24. The van der Waals surface area contributed by atoms with Gasteiger partial charge in [0, 0.05) is 18.3 Å². The lowest BCUT2D eigenvalue weighted by atomic mass is 10.2. The van der Waals surface area contributed by atoms with Crippen LogP contribution in [-0.2, 0) is 0 Å². The van der Waals surface area contributed by atoms with Crippen molar-refractivity contribution in [3.63, 3.8) is 0 Å². The molecule has 1 aromatic carbocycles. The van der Waals surface area contributed by atoms with E-state index in [4.69, 9.17) is 11.6 Å². The number of rotatable bonds is 8.